The highest BCUT2D eigenvalue weighted by molar-refractivity contribution is 7.15. The van der Waals surface area contributed by atoms with Crippen molar-refractivity contribution in [3.05, 3.63) is 11.1 Å². The van der Waals surface area contributed by atoms with Crippen LogP contribution in [0.4, 0.5) is 5.13 Å². The van der Waals surface area contributed by atoms with Crippen LogP contribution in [0.2, 0.25) is 0 Å². The van der Waals surface area contributed by atoms with Gasteiger partial charge in [-0.05, 0) is 19.3 Å². The smallest absolute Gasteiger partial charge is 0.185 e. The summed E-state index contributed by atoms with van der Waals surface area (Å²) in [4.78, 5) is 8.29. The third-order valence-corrected chi connectivity index (χ3v) is 4.39. The second kappa shape index (κ2) is 6.50. The van der Waals surface area contributed by atoms with Gasteiger partial charge in [-0.25, -0.2) is 4.98 Å². The zero-order valence-corrected chi connectivity index (χ0v) is 12.3. The van der Waals surface area contributed by atoms with Crippen molar-refractivity contribution in [3.63, 3.8) is 0 Å². The van der Waals surface area contributed by atoms with Crippen LogP contribution in [0.3, 0.4) is 0 Å². The van der Waals surface area contributed by atoms with Crippen molar-refractivity contribution in [3.8, 4) is 0 Å². The number of aromatic nitrogens is 1. The summed E-state index contributed by atoms with van der Waals surface area (Å²) in [6.07, 6.45) is 3.27. The first-order valence-electron chi connectivity index (χ1n) is 6.61. The molecule has 0 amide bonds. The Labute approximate surface area is 113 Å². The fraction of sp³-hybridized carbons (Fsp3) is 0.769. The third kappa shape index (κ3) is 3.43. The second-order valence-electron chi connectivity index (χ2n) is 5.12. The van der Waals surface area contributed by atoms with Crippen LogP contribution in [0.1, 0.15) is 25.1 Å². The molecule has 102 valence electrons. The molecular formula is C13H23N3OS. The summed E-state index contributed by atoms with van der Waals surface area (Å²) in [5, 5.41) is 4.53. The molecule has 0 saturated carbocycles. The summed E-state index contributed by atoms with van der Waals surface area (Å²) in [5.41, 5.74) is 0. The van der Waals surface area contributed by atoms with Crippen LogP contribution >= 0.6 is 11.3 Å². The Bertz CT molecular complexity index is 369. The van der Waals surface area contributed by atoms with Crippen molar-refractivity contribution in [1.29, 1.82) is 0 Å². The van der Waals surface area contributed by atoms with Gasteiger partial charge in [0.25, 0.3) is 0 Å². The molecule has 1 saturated heterocycles. The third-order valence-electron chi connectivity index (χ3n) is 3.35. The number of hydrogen-bond acceptors (Lipinski definition) is 5. The lowest BCUT2D eigenvalue weighted by atomic mass is 10.1. The largest absolute Gasteiger partial charge is 0.383 e. The van der Waals surface area contributed by atoms with Crippen LogP contribution < -0.4 is 10.2 Å². The van der Waals surface area contributed by atoms with Crippen LogP contribution in [0.25, 0.3) is 0 Å². The Morgan fingerprint density at radius 2 is 2.39 bits per heavy atom. The Kier molecular flexibility index (Phi) is 4.97. The van der Waals surface area contributed by atoms with Crippen LogP contribution in [-0.2, 0) is 11.3 Å². The zero-order chi connectivity index (χ0) is 13.0. The molecule has 1 aromatic heterocycles. The first-order chi connectivity index (χ1) is 8.70. The van der Waals surface area contributed by atoms with Gasteiger partial charge in [-0.2, -0.15) is 0 Å². The lowest BCUT2D eigenvalue weighted by Crippen LogP contribution is -2.26. The molecule has 0 spiro atoms. The van der Waals surface area contributed by atoms with E-state index in [-0.39, 0.29) is 0 Å². The average Bonchev–Trinajstić information content (AvgIpc) is 2.91. The molecule has 1 N–H and O–H groups in total. The van der Waals surface area contributed by atoms with Gasteiger partial charge in [0.15, 0.2) is 5.13 Å². The monoisotopic (exact) mass is 269 g/mol. The van der Waals surface area contributed by atoms with Gasteiger partial charge in [-0.15, -0.1) is 11.3 Å². The molecule has 2 atom stereocenters. The van der Waals surface area contributed by atoms with E-state index in [9.17, 15) is 0 Å². The maximum absolute atomic E-state index is 5.01. The molecule has 0 bridgehead atoms. The summed E-state index contributed by atoms with van der Waals surface area (Å²) >= 11 is 1.81. The fourth-order valence-electron chi connectivity index (χ4n) is 2.46. The number of methoxy groups -OCH3 is 1. The van der Waals surface area contributed by atoms with Gasteiger partial charge >= 0.3 is 0 Å². The van der Waals surface area contributed by atoms with Crippen LogP contribution in [0.5, 0.6) is 0 Å². The number of nitrogens with one attached hydrogen (secondary N) is 1. The van der Waals surface area contributed by atoms with E-state index < -0.39 is 0 Å². The zero-order valence-electron chi connectivity index (χ0n) is 11.5. The molecule has 1 aromatic rings. The lowest BCUT2D eigenvalue weighted by molar-refractivity contribution is 0.199. The van der Waals surface area contributed by atoms with Crippen LogP contribution in [0, 0.1) is 5.92 Å². The topological polar surface area (TPSA) is 37.4 Å². The van der Waals surface area contributed by atoms with Gasteiger partial charge in [0.1, 0.15) is 0 Å². The molecule has 2 unspecified atom stereocenters. The normalized spacial score (nSPS) is 23.8. The Hall–Kier alpha value is -0.650. The van der Waals surface area contributed by atoms with E-state index in [4.69, 9.17) is 4.74 Å². The molecule has 2 rings (SSSR count). The van der Waals surface area contributed by atoms with Gasteiger partial charge < -0.3 is 15.0 Å². The van der Waals surface area contributed by atoms with Gasteiger partial charge in [-0.3, -0.25) is 0 Å². The summed E-state index contributed by atoms with van der Waals surface area (Å²) in [6.45, 7) is 8.29. The van der Waals surface area contributed by atoms with E-state index in [0.29, 0.717) is 6.04 Å². The molecule has 0 aromatic carbocycles. The summed E-state index contributed by atoms with van der Waals surface area (Å²) in [6, 6.07) is 0.625. The Balaban J connectivity index is 1.86. The Morgan fingerprint density at radius 1 is 1.56 bits per heavy atom. The summed E-state index contributed by atoms with van der Waals surface area (Å²) in [5.74, 6) is 0.784. The van der Waals surface area contributed by atoms with E-state index in [1.54, 1.807) is 18.4 Å². The quantitative estimate of drug-likeness (QED) is 0.803. The minimum Gasteiger partial charge on any atom is -0.383 e. The highest BCUT2D eigenvalue weighted by atomic mass is 32.1. The number of rotatable bonds is 6. The first-order valence-corrected chi connectivity index (χ1v) is 7.43. The molecule has 1 fully saturated rings. The molecular weight excluding hydrogens is 246 g/mol. The number of ether oxygens (including phenoxy) is 1. The van der Waals surface area contributed by atoms with E-state index >= 15 is 0 Å². The van der Waals surface area contributed by atoms with Crippen molar-refractivity contribution in [2.24, 2.45) is 5.92 Å². The maximum Gasteiger partial charge on any atom is 0.185 e. The first kappa shape index (κ1) is 13.8. The summed E-state index contributed by atoms with van der Waals surface area (Å²) in [7, 11) is 1.72. The van der Waals surface area contributed by atoms with Gasteiger partial charge in [0, 0.05) is 43.9 Å². The van der Waals surface area contributed by atoms with Gasteiger partial charge in [-0.1, -0.05) is 6.92 Å². The Morgan fingerprint density at radius 3 is 3.06 bits per heavy atom. The molecule has 4 nitrogen and oxygen atoms in total. The molecule has 1 aliphatic rings. The van der Waals surface area contributed by atoms with Crippen molar-refractivity contribution in [2.75, 3.05) is 31.7 Å². The molecule has 1 aliphatic heterocycles. The predicted molar refractivity (Wildman–Crippen MR) is 76.3 cm³/mol. The molecule has 0 radical (unpaired) electrons. The maximum atomic E-state index is 5.01. The predicted octanol–water partition coefficient (Wildman–Crippen LogP) is 2.11. The van der Waals surface area contributed by atoms with Crippen LogP contribution in [0.15, 0.2) is 6.20 Å². The minimum atomic E-state index is 0.625. The van der Waals surface area contributed by atoms with E-state index in [0.717, 1.165) is 32.2 Å². The summed E-state index contributed by atoms with van der Waals surface area (Å²) < 4.78 is 5.01. The highest BCUT2D eigenvalue weighted by Gasteiger charge is 2.27. The van der Waals surface area contributed by atoms with Crippen molar-refractivity contribution < 1.29 is 4.74 Å². The average molecular weight is 269 g/mol. The van der Waals surface area contributed by atoms with E-state index in [2.05, 4.69) is 29.0 Å². The fourth-order valence-corrected chi connectivity index (χ4v) is 3.46. The van der Waals surface area contributed by atoms with Gasteiger partial charge in [0.2, 0.25) is 0 Å². The van der Waals surface area contributed by atoms with Crippen molar-refractivity contribution in [2.45, 2.75) is 32.9 Å². The lowest BCUT2D eigenvalue weighted by Gasteiger charge is -2.19. The highest BCUT2D eigenvalue weighted by Crippen LogP contribution is 2.31. The number of thiazole rings is 1. The standard InChI is InChI=1S/C13H23N3OS/c1-10-6-11(2)16(9-10)13-15-8-12(18-13)7-14-4-5-17-3/h8,10-11,14H,4-7,9H2,1-3H3. The van der Waals surface area contributed by atoms with Crippen LogP contribution in [-0.4, -0.2) is 37.8 Å². The molecule has 5 heteroatoms. The van der Waals surface area contributed by atoms with E-state index in [1.165, 1.54) is 16.4 Å². The molecule has 18 heavy (non-hydrogen) atoms. The number of anilines is 1. The van der Waals surface area contributed by atoms with Crippen molar-refractivity contribution >= 4 is 16.5 Å². The minimum absolute atomic E-state index is 0.625. The van der Waals surface area contributed by atoms with E-state index in [1.807, 2.05) is 6.20 Å². The second-order valence-corrected chi connectivity index (χ2v) is 6.21. The molecule has 0 aliphatic carbocycles. The SMILES string of the molecule is COCCNCc1cnc(N2CC(C)CC2C)s1. The number of nitrogens with zero attached hydrogens (tertiary/aromatic N) is 2. The number of hydrogen-bond donors (Lipinski definition) is 1. The molecule has 2 heterocycles. The van der Waals surface area contributed by atoms with Gasteiger partial charge in [0.05, 0.1) is 6.61 Å². The van der Waals surface area contributed by atoms with Crippen molar-refractivity contribution in [1.82, 2.24) is 10.3 Å².